The topological polar surface area (TPSA) is 37.4 Å². The highest BCUT2D eigenvalue weighted by Crippen LogP contribution is 2.35. The minimum absolute atomic E-state index is 0.146. The highest BCUT2D eigenvalue weighted by atomic mass is 32.2. The number of sulfone groups is 1. The van der Waals surface area contributed by atoms with Gasteiger partial charge in [-0.2, -0.15) is 11.8 Å². The Bertz CT molecular complexity index is 559. The first-order valence-corrected chi connectivity index (χ1v) is 10.5. The maximum absolute atomic E-state index is 12.7. The fourth-order valence-electron chi connectivity index (χ4n) is 2.75. The number of nitrogens with zero attached hydrogens (tertiary/aromatic N) is 1. The summed E-state index contributed by atoms with van der Waals surface area (Å²) in [6, 6.07) is 3.54. The van der Waals surface area contributed by atoms with Gasteiger partial charge in [-0.05, 0) is 30.5 Å². The fraction of sp³-hybridized carbons (Fsp3) is 0.571. The highest BCUT2D eigenvalue weighted by Gasteiger charge is 2.38. The third-order valence-corrected chi connectivity index (χ3v) is 9.01. The molecule has 2 aliphatic rings. The number of hydrogen-bond acceptors (Lipinski definition) is 5. The zero-order valence-corrected chi connectivity index (χ0v) is 13.7. The second-order valence-electron chi connectivity index (χ2n) is 5.30. The molecule has 1 aromatic rings. The van der Waals surface area contributed by atoms with Crippen LogP contribution in [0.2, 0.25) is 0 Å². The molecule has 0 spiro atoms. The average molecular weight is 330 g/mol. The van der Waals surface area contributed by atoms with Gasteiger partial charge in [0.05, 0.1) is 5.25 Å². The first-order valence-electron chi connectivity index (χ1n) is 6.95. The van der Waals surface area contributed by atoms with E-state index in [-0.39, 0.29) is 11.2 Å². The highest BCUT2D eigenvalue weighted by molar-refractivity contribution is 8.02. The van der Waals surface area contributed by atoms with E-state index in [4.69, 9.17) is 0 Å². The van der Waals surface area contributed by atoms with Gasteiger partial charge in [0.25, 0.3) is 0 Å². The van der Waals surface area contributed by atoms with Crippen LogP contribution in [0.1, 0.15) is 12.8 Å². The number of rotatable bonds is 4. The minimum Gasteiger partial charge on any atom is -0.378 e. The van der Waals surface area contributed by atoms with Crippen molar-refractivity contribution in [1.82, 2.24) is 4.90 Å². The van der Waals surface area contributed by atoms with Crippen molar-refractivity contribution in [2.24, 2.45) is 5.92 Å². The maximum atomic E-state index is 12.7. The molecule has 20 heavy (non-hydrogen) atoms. The molecule has 3 nitrogen and oxygen atoms in total. The van der Waals surface area contributed by atoms with Crippen LogP contribution < -0.4 is 0 Å². The van der Waals surface area contributed by atoms with Crippen molar-refractivity contribution in [3.8, 4) is 0 Å². The minimum atomic E-state index is -3.16. The van der Waals surface area contributed by atoms with E-state index in [2.05, 4.69) is 17.2 Å². The lowest BCUT2D eigenvalue weighted by Crippen LogP contribution is -2.27. The van der Waals surface area contributed by atoms with Crippen LogP contribution in [-0.2, 0) is 9.84 Å². The first-order chi connectivity index (χ1) is 9.68. The summed E-state index contributed by atoms with van der Waals surface area (Å²) in [7, 11) is -3.16. The van der Waals surface area contributed by atoms with Gasteiger partial charge in [0.1, 0.15) is 4.21 Å². The number of likely N-dealkylation sites (tertiary alicyclic amines) is 1. The van der Waals surface area contributed by atoms with Crippen LogP contribution in [0.3, 0.4) is 0 Å². The number of thioether (sulfide) groups is 1. The van der Waals surface area contributed by atoms with E-state index >= 15 is 0 Å². The third kappa shape index (κ3) is 2.92. The number of thiophene rings is 1. The zero-order chi connectivity index (χ0) is 14.0. The molecule has 1 aromatic heterocycles. The van der Waals surface area contributed by atoms with Gasteiger partial charge in [-0.15, -0.1) is 11.3 Å². The molecular weight excluding hydrogens is 310 g/mol. The van der Waals surface area contributed by atoms with Gasteiger partial charge in [0.2, 0.25) is 0 Å². The summed E-state index contributed by atoms with van der Waals surface area (Å²) in [5, 5.41) is 1.58. The molecule has 2 atom stereocenters. The molecule has 0 N–H and O–H groups in total. The van der Waals surface area contributed by atoms with Crippen molar-refractivity contribution in [2.75, 3.05) is 24.6 Å². The number of allylic oxidation sites excluding steroid dienone is 1. The van der Waals surface area contributed by atoms with Gasteiger partial charge in [0.15, 0.2) is 9.84 Å². The summed E-state index contributed by atoms with van der Waals surface area (Å²) in [4.78, 5) is 2.30. The van der Waals surface area contributed by atoms with E-state index in [1.807, 2.05) is 11.4 Å². The quantitative estimate of drug-likeness (QED) is 0.851. The Morgan fingerprint density at radius 1 is 1.25 bits per heavy atom. The van der Waals surface area contributed by atoms with Crippen LogP contribution in [0.15, 0.2) is 34.0 Å². The smallest absolute Gasteiger partial charge is 0.192 e. The second kappa shape index (κ2) is 6.12. The largest absolute Gasteiger partial charge is 0.378 e. The molecule has 0 radical (unpaired) electrons. The van der Waals surface area contributed by atoms with Crippen LogP contribution in [0, 0.1) is 5.92 Å². The molecule has 0 saturated carbocycles. The van der Waals surface area contributed by atoms with E-state index in [1.54, 1.807) is 17.8 Å². The van der Waals surface area contributed by atoms with Gasteiger partial charge < -0.3 is 4.90 Å². The second-order valence-corrected chi connectivity index (χ2v) is 9.72. The summed E-state index contributed by atoms with van der Waals surface area (Å²) < 4.78 is 25.8. The van der Waals surface area contributed by atoms with Crippen molar-refractivity contribution in [1.29, 1.82) is 0 Å². The summed E-state index contributed by atoms with van der Waals surface area (Å²) in [5.41, 5.74) is 0. The van der Waals surface area contributed by atoms with Crippen molar-refractivity contribution in [3.63, 3.8) is 0 Å². The van der Waals surface area contributed by atoms with Gasteiger partial charge in [0, 0.05) is 30.5 Å². The summed E-state index contributed by atoms with van der Waals surface area (Å²) >= 11 is 3.08. The van der Waals surface area contributed by atoms with Gasteiger partial charge >= 0.3 is 0 Å². The molecular formula is C14H19NO2S3. The Hall–Kier alpha value is -0.460. The predicted octanol–water partition coefficient (Wildman–Crippen LogP) is 2.86. The van der Waals surface area contributed by atoms with E-state index in [0.29, 0.717) is 4.21 Å². The monoisotopic (exact) mass is 329 g/mol. The number of hydrogen-bond donors (Lipinski definition) is 0. The Balaban J connectivity index is 1.75. The summed E-state index contributed by atoms with van der Waals surface area (Å²) in [5.74, 6) is 1.78. The molecule has 2 aliphatic heterocycles. The molecule has 0 bridgehead atoms. The normalized spacial score (nSPS) is 27.7. The molecule has 3 rings (SSSR count). The first kappa shape index (κ1) is 14.5. The Morgan fingerprint density at radius 3 is 2.75 bits per heavy atom. The molecule has 2 saturated heterocycles. The fourth-order valence-corrected chi connectivity index (χ4v) is 7.84. The standard InChI is InChI=1S/C14H19NO2S3/c16-20(17,14-4-3-9-19-14)13-11-18-10-12(13)5-8-15-6-1-2-7-15/h3-5,8-9,12-13H,1-2,6-7,10-11H2/b8-5+/t12?,13-/m0/s1. The Labute approximate surface area is 129 Å². The molecule has 1 unspecified atom stereocenters. The molecule has 0 aliphatic carbocycles. The Morgan fingerprint density at radius 2 is 2.05 bits per heavy atom. The van der Waals surface area contributed by atoms with Crippen LogP contribution in [0.4, 0.5) is 0 Å². The molecule has 0 aromatic carbocycles. The Kier molecular flexibility index (Phi) is 4.43. The van der Waals surface area contributed by atoms with Gasteiger partial charge in [-0.25, -0.2) is 8.42 Å². The van der Waals surface area contributed by atoms with E-state index in [9.17, 15) is 8.42 Å². The van der Waals surface area contributed by atoms with Crippen LogP contribution in [0.25, 0.3) is 0 Å². The molecule has 110 valence electrons. The maximum Gasteiger partial charge on any atom is 0.192 e. The summed E-state index contributed by atoms with van der Waals surface area (Å²) in [6.45, 7) is 2.22. The van der Waals surface area contributed by atoms with Crippen LogP contribution in [-0.4, -0.2) is 43.2 Å². The van der Waals surface area contributed by atoms with Gasteiger partial charge in [-0.3, -0.25) is 0 Å². The molecule has 3 heterocycles. The summed E-state index contributed by atoms with van der Waals surface area (Å²) in [6.07, 6.45) is 6.75. The van der Waals surface area contributed by atoms with Crippen LogP contribution in [0.5, 0.6) is 0 Å². The lowest BCUT2D eigenvalue weighted by molar-refractivity contribution is 0.462. The third-order valence-electron chi connectivity index (χ3n) is 3.93. The predicted molar refractivity (Wildman–Crippen MR) is 86.1 cm³/mol. The van der Waals surface area contributed by atoms with Crippen molar-refractivity contribution >= 4 is 32.9 Å². The van der Waals surface area contributed by atoms with Crippen molar-refractivity contribution in [2.45, 2.75) is 22.3 Å². The van der Waals surface area contributed by atoms with Crippen molar-refractivity contribution < 1.29 is 8.42 Å². The van der Waals surface area contributed by atoms with Gasteiger partial charge in [-0.1, -0.05) is 12.1 Å². The molecule has 0 amide bonds. The van der Waals surface area contributed by atoms with E-state index in [1.165, 1.54) is 24.2 Å². The molecule has 6 heteroatoms. The van der Waals surface area contributed by atoms with E-state index in [0.717, 1.165) is 24.6 Å². The van der Waals surface area contributed by atoms with E-state index < -0.39 is 9.84 Å². The average Bonchev–Trinajstić information content (AvgIpc) is 3.17. The molecule has 2 fully saturated rings. The zero-order valence-electron chi connectivity index (χ0n) is 11.3. The van der Waals surface area contributed by atoms with Crippen molar-refractivity contribution in [3.05, 3.63) is 29.8 Å². The van der Waals surface area contributed by atoms with Crippen LogP contribution >= 0.6 is 23.1 Å². The lowest BCUT2D eigenvalue weighted by Gasteiger charge is -2.17. The lowest BCUT2D eigenvalue weighted by atomic mass is 10.1. The SMILES string of the molecule is O=S(=O)(c1cccs1)[C@H]1CSCC1/C=C/N1CCCC1.